The SMILES string of the molecule is CC(OC(=O)C1CCN(c2ccc3nnc(C(F)(F)F)n3n2)CC1)C(=O)NC1CCCCC1. The zero-order chi connectivity index (χ0) is 23.6. The van der Waals surface area contributed by atoms with Gasteiger partial charge >= 0.3 is 12.1 Å². The molecule has 0 aromatic carbocycles. The van der Waals surface area contributed by atoms with Crippen LogP contribution in [-0.4, -0.2) is 56.9 Å². The standard InChI is InChI=1S/C21H27F3N6O3/c1-13(18(31)25-15-5-3-2-4-6-15)33-19(32)14-9-11-29(12-10-14)17-8-7-16-26-27-20(21(22,23)24)30(16)28-17/h7-8,13-15H,2-6,9-12H2,1H3,(H,25,31). The Morgan fingerprint density at radius 3 is 2.45 bits per heavy atom. The topological polar surface area (TPSA) is 102 Å². The molecule has 1 saturated carbocycles. The van der Waals surface area contributed by atoms with Crippen LogP contribution in [0.25, 0.3) is 5.65 Å². The molecular weight excluding hydrogens is 441 g/mol. The van der Waals surface area contributed by atoms with Gasteiger partial charge in [-0.2, -0.15) is 17.7 Å². The summed E-state index contributed by atoms with van der Waals surface area (Å²) in [6.07, 6.45) is 0.630. The monoisotopic (exact) mass is 468 g/mol. The Morgan fingerprint density at radius 1 is 1.09 bits per heavy atom. The quantitative estimate of drug-likeness (QED) is 0.674. The minimum atomic E-state index is -4.66. The highest BCUT2D eigenvalue weighted by Gasteiger charge is 2.38. The molecule has 1 aliphatic carbocycles. The average molecular weight is 468 g/mol. The molecule has 1 amide bonds. The number of nitrogens with zero attached hydrogens (tertiary/aromatic N) is 5. The molecule has 9 nitrogen and oxygen atoms in total. The van der Waals surface area contributed by atoms with Crippen LogP contribution in [0, 0.1) is 5.92 Å². The maximum absolute atomic E-state index is 13.1. The Hall–Kier alpha value is -2.92. The largest absolute Gasteiger partial charge is 0.453 e. The van der Waals surface area contributed by atoms with E-state index in [4.69, 9.17) is 4.74 Å². The van der Waals surface area contributed by atoms with Crippen LogP contribution >= 0.6 is 0 Å². The molecule has 12 heteroatoms. The molecule has 180 valence electrons. The van der Waals surface area contributed by atoms with Gasteiger partial charge in [-0.3, -0.25) is 9.59 Å². The Labute approximate surface area is 188 Å². The van der Waals surface area contributed by atoms with E-state index in [1.54, 1.807) is 13.0 Å². The number of anilines is 1. The van der Waals surface area contributed by atoms with E-state index in [9.17, 15) is 22.8 Å². The van der Waals surface area contributed by atoms with E-state index in [1.807, 2.05) is 4.90 Å². The number of nitrogens with one attached hydrogen (secondary N) is 1. The molecule has 4 rings (SSSR count). The number of esters is 1. The van der Waals surface area contributed by atoms with E-state index >= 15 is 0 Å². The molecule has 2 aromatic rings. The third kappa shape index (κ3) is 5.36. The van der Waals surface area contributed by atoms with Crippen molar-refractivity contribution in [3.05, 3.63) is 18.0 Å². The first-order valence-electron chi connectivity index (χ1n) is 11.3. The zero-order valence-corrected chi connectivity index (χ0v) is 18.3. The number of amides is 1. The fourth-order valence-electron chi connectivity index (χ4n) is 4.36. The highest BCUT2D eigenvalue weighted by Crippen LogP contribution is 2.29. The van der Waals surface area contributed by atoms with E-state index in [0.29, 0.717) is 36.3 Å². The molecule has 1 atom stereocenters. The number of rotatable bonds is 5. The summed E-state index contributed by atoms with van der Waals surface area (Å²) in [5.74, 6) is -1.92. The van der Waals surface area contributed by atoms with Crippen LogP contribution in [0.4, 0.5) is 19.0 Å². The van der Waals surface area contributed by atoms with Crippen molar-refractivity contribution >= 4 is 23.3 Å². The molecule has 1 N–H and O–H groups in total. The van der Waals surface area contributed by atoms with E-state index in [-0.39, 0.29) is 23.5 Å². The van der Waals surface area contributed by atoms with Gasteiger partial charge in [0.2, 0.25) is 0 Å². The van der Waals surface area contributed by atoms with Gasteiger partial charge in [-0.15, -0.1) is 15.3 Å². The summed E-state index contributed by atoms with van der Waals surface area (Å²) < 4.78 is 45.4. The summed E-state index contributed by atoms with van der Waals surface area (Å²) in [5.41, 5.74) is 0.00466. The van der Waals surface area contributed by atoms with Crippen molar-refractivity contribution in [2.75, 3.05) is 18.0 Å². The molecule has 1 aliphatic heterocycles. The van der Waals surface area contributed by atoms with Crippen LogP contribution in [-0.2, 0) is 20.5 Å². The van der Waals surface area contributed by atoms with Crippen LogP contribution in [0.1, 0.15) is 57.7 Å². The smallest absolute Gasteiger partial charge is 0.452 e. The first-order valence-corrected chi connectivity index (χ1v) is 11.3. The molecule has 33 heavy (non-hydrogen) atoms. The summed E-state index contributed by atoms with van der Waals surface area (Å²) in [7, 11) is 0. The highest BCUT2D eigenvalue weighted by molar-refractivity contribution is 5.84. The number of piperidine rings is 1. The van der Waals surface area contributed by atoms with Crippen LogP contribution in [0.3, 0.4) is 0 Å². The van der Waals surface area contributed by atoms with Crippen molar-refractivity contribution in [1.82, 2.24) is 25.1 Å². The molecule has 0 spiro atoms. The van der Waals surface area contributed by atoms with Gasteiger partial charge in [0.15, 0.2) is 11.8 Å². The summed E-state index contributed by atoms with van der Waals surface area (Å²) in [5, 5.41) is 13.7. The van der Waals surface area contributed by atoms with Crippen molar-refractivity contribution in [2.45, 2.75) is 70.2 Å². The number of carbonyl (C=O) groups excluding carboxylic acids is 2. The Balaban J connectivity index is 1.31. The van der Waals surface area contributed by atoms with Gasteiger partial charge in [-0.05, 0) is 44.7 Å². The summed E-state index contributed by atoms with van der Waals surface area (Å²) in [4.78, 5) is 26.7. The van der Waals surface area contributed by atoms with E-state index in [1.165, 1.54) is 12.5 Å². The van der Waals surface area contributed by atoms with Crippen molar-refractivity contribution in [3.63, 3.8) is 0 Å². The Morgan fingerprint density at radius 2 is 1.79 bits per heavy atom. The predicted octanol–water partition coefficient (Wildman–Crippen LogP) is 2.74. The van der Waals surface area contributed by atoms with Crippen molar-refractivity contribution < 1.29 is 27.5 Å². The third-order valence-corrected chi connectivity index (χ3v) is 6.27. The maximum atomic E-state index is 13.1. The number of hydrogen-bond acceptors (Lipinski definition) is 7. The van der Waals surface area contributed by atoms with Gasteiger partial charge in [0.1, 0.15) is 5.82 Å². The normalized spacial score (nSPS) is 19.5. The van der Waals surface area contributed by atoms with Crippen LogP contribution < -0.4 is 10.2 Å². The summed E-state index contributed by atoms with van der Waals surface area (Å²) in [6.45, 7) is 2.41. The number of alkyl halides is 3. The zero-order valence-electron chi connectivity index (χ0n) is 18.3. The Bertz CT molecular complexity index is 997. The summed E-state index contributed by atoms with van der Waals surface area (Å²) in [6, 6.07) is 3.15. The second kappa shape index (κ2) is 9.52. The molecule has 1 saturated heterocycles. The molecule has 0 radical (unpaired) electrons. The molecule has 2 aliphatic rings. The fraction of sp³-hybridized carbons (Fsp3) is 0.667. The van der Waals surface area contributed by atoms with Gasteiger partial charge in [-0.1, -0.05) is 19.3 Å². The molecule has 1 unspecified atom stereocenters. The van der Waals surface area contributed by atoms with Gasteiger partial charge < -0.3 is 15.0 Å². The van der Waals surface area contributed by atoms with Crippen LogP contribution in [0.2, 0.25) is 0 Å². The molecule has 3 heterocycles. The number of ether oxygens (including phenoxy) is 1. The van der Waals surface area contributed by atoms with Crippen molar-refractivity contribution in [2.24, 2.45) is 5.92 Å². The lowest BCUT2D eigenvalue weighted by Crippen LogP contribution is -2.44. The third-order valence-electron chi connectivity index (χ3n) is 6.27. The number of hydrogen-bond donors (Lipinski definition) is 1. The van der Waals surface area contributed by atoms with E-state index in [0.717, 1.165) is 25.7 Å². The van der Waals surface area contributed by atoms with Gasteiger partial charge in [0, 0.05) is 19.1 Å². The lowest BCUT2D eigenvalue weighted by molar-refractivity contribution is -0.159. The first-order chi connectivity index (χ1) is 15.7. The molecule has 0 bridgehead atoms. The van der Waals surface area contributed by atoms with Gasteiger partial charge in [-0.25, -0.2) is 0 Å². The molecular formula is C21H27F3N6O3. The van der Waals surface area contributed by atoms with Gasteiger partial charge in [0.25, 0.3) is 11.7 Å². The van der Waals surface area contributed by atoms with E-state index < -0.39 is 24.1 Å². The first kappa shape index (κ1) is 23.2. The second-order valence-electron chi connectivity index (χ2n) is 8.67. The maximum Gasteiger partial charge on any atom is 0.453 e. The van der Waals surface area contributed by atoms with E-state index in [2.05, 4.69) is 20.6 Å². The lowest BCUT2D eigenvalue weighted by atomic mass is 9.95. The van der Waals surface area contributed by atoms with Crippen LogP contribution in [0.5, 0.6) is 0 Å². The minimum Gasteiger partial charge on any atom is -0.452 e. The van der Waals surface area contributed by atoms with Gasteiger partial charge in [0.05, 0.1) is 5.92 Å². The Kier molecular flexibility index (Phi) is 6.71. The van der Waals surface area contributed by atoms with Crippen molar-refractivity contribution in [1.29, 1.82) is 0 Å². The van der Waals surface area contributed by atoms with Crippen molar-refractivity contribution in [3.8, 4) is 0 Å². The molecule has 2 aromatic heterocycles. The highest BCUT2D eigenvalue weighted by atomic mass is 19.4. The number of fused-ring (bicyclic) bond motifs is 1. The number of carbonyl (C=O) groups is 2. The predicted molar refractivity (Wildman–Crippen MR) is 111 cm³/mol. The lowest BCUT2D eigenvalue weighted by Gasteiger charge is -2.32. The summed E-state index contributed by atoms with van der Waals surface area (Å²) >= 11 is 0. The van der Waals surface area contributed by atoms with Crippen LogP contribution in [0.15, 0.2) is 12.1 Å². The average Bonchev–Trinajstić information content (AvgIpc) is 3.23. The fourth-order valence-corrected chi connectivity index (χ4v) is 4.36. The second-order valence-corrected chi connectivity index (χ2v) is 8.67. The number of halogens is 3. The minimum absolute atomic E-state index is 0.00466. The number of aromatic nitrogens is 4. The molecule has 2 fully saturated rings.